The first-order valence-electron chi connectivity index (χ1n) is 6.39. The Balaban J connectivity index is 2.20. The summed E-state index contributed by atoms with van der Waals surface area (Å²) in [6.45, 7) is 1.08. The van der Waals surface area contributed by atoms with E-state index in [4.69, 9.17) is 9.47 Å². The van der Waals surface area contributed by atoms with Gasteiger partial charge in [-0.2, -0.15) is 0 Å². The molecule has 2 heterocycles. The standard InChI is InChI=1S/C15H15NO4/c1-19-15(18)11-7-12-14-10(9-17)3-2-4-13(14)20-6-5-16(12)8-11/h2-4,7-8,17H,5-6,9H2,1H3. The predicted octanol–water partition coefficient (Wildman–Crippen LogP) is 1.83. The molecule has 0 radical (unpaired) electrons. The van der Waals surface area contributed by atoms with Crippen LogP contribution in [0.4, 0.5) is 0 Å². The normalized spacial score (nSPS) is 12.9. The molecule has 20 heavy (non-hydrogen) atoms. The molecule has 0 atom stereocenters. The summed E-state index contributed by atoms with van der Waals surface area (Å²) in [7, 11) is 1.36. The minimum absolute atomic E-state index is 0.0781. The molecule has 1 N–H and O–H groups in total. The Hall–Kier alpha value is -2.27. The van der Waals surface area contributed by atoms with E-state index >= 15 is 0 Å². The summed E-state index contributed by atoms with van der Waals surface area (Å²) in [6, 6.07) is 7.35. The third-order valence-corrected chi connectivity index (χ3v) is 3.45. The van der Waals surface area contributed by atoms with Crippen LogP contribution in [0.3, 0.4) is 0 Å². The van der Waals surface area contributed by atoms with E-state index in [0.29, 0.717) is 18.7 Å². The van der Waals surface area contributed by atoms with Crippen LogP contribution < -0.4 is 4.74 Å². The van der Waals surface area contributed by atoms with Gasteiger partial charge in [0, 0.05) is 11.8 Å². The molecular formula is C15H15NO4. The van der Waals surface area contributed by atoms with Crippen molar-refractivity contribution in [1.29, 1.82) is 0 Å². The van der Waals surface area contributed by atoms with Crippen molar-refractivity contribution in [3.8, 4) is 17.0 Å². The molecule has 1 aromatic heterocycles. The SMILES string of the molecule is COC(=O)c1cc2n(c1)CCOc1cccc(CO)c1-2. The van der Waals surface area contributed by atoms with Crippen LogP contribution in [0.2, 0.25) is 0 Å². The minimum Gasteiger partial charge on any atom is -0.491 e. The number of aliphatic hydroxyl groups excluding tert-OH is 1. The first kappa shape index (κ1) is 12.7. The molecule has 3 rings (SSSR count). The van der Waals surface area contributed by atoms with Crippen molar-refractivity contribution >= 4 is 5.97 Å². The zero-order valence-electron chi connectivity index (χ0n) is 11.1. The van der Waals surface area contributed by atoms with Crippen LogP contribution in [0.1, 0.15) is 15.9 Å². The summed E-state index contributed by atoms with van der Waals surface area (Å²) in [4.78, 5) is 11.7. The highest BCUT2D eigenvalue weighted by Crippen LogP contribution is 2.36. The number of nitrogens with zero attached hydrogens (tertiary/aromatic N) is 1. The van der Waals surface area contributed by atoms with Gasteiger partial charge in [-0.1, -0.05) is 12.1 Å². The number of benzene rings is 1. The number of hydrogen-bond donors (Lipinski definition) is 1. The highest BCUT2D eigenvalue weighted by Gasteiger charge is 2.21. The number of esters is 1. The van der Waals surface area contributed by atoms with Crippen LogP contribution in [-0.4, -0.2) is 29.4 Å². The van der Waals surface area contributed by atoms with E-state index in [9.17, 15) is 9.90 Å². The third kappa shape index (κ3) is 1.96. The quantitative estimate of drug-likeness (QED) is 0.848. The molecule has 0 saturated carbocycles. The topological polar surface area (TPSA) is 60.7 Å². The monoisotopic (exact) mass is 273 g/mol. The second-order valence-electron chi connectivity index (χ2n) is 4.60. The number of aromatic nitrogens is 1. The molecule has 1 aliphatic heterocycles. The molecule has 5 heteroatoms. The van der Waals surface area contributed by atoms with Gasteiger partial charge in [0.15, 0.2) is 0 Å². The molecule has 1 aliphatic rings. The van der Waals surface area contributed by atoms with Crippen molar-refractivity contribution in [2.24, 2.45) is 0 Å². The van der Waals surface area contributed by atoms with Crippen molar-refractivity contribution in [2.75, 3.05) is 13.7 Å². The van der Waals surface area contributed by atoms with Crippen LogP contribution in [0.5, 0.6) is 5.75 Å². The predicted molar refractivity (Wildman–Crippen MR) is 72.6 cm³/mol. The molecule has 0 amide bonds. The number of rotatable bonds is 2. The molecule has 0 aliphatic carbocycles. The highest BCUT2D eigenvalue weighted by atomic mass is 16.5. The van der Waals surface area contributed by atoms with Crippen LogP contribution in [0.15, 0.2) is 30.5 Å². The van der Waals surface area contributed by atoms with Crippen molar-refractivity contribution in [3.63, 3.8) is 0 Å². The van der Waals surface area contributed by atoms with Crippen LogP contribution in [0, 0.1) is 0 Å². The average Bonchev–Trinajstić information content (AvgIpc) is 2.82. The average molecular weight is 273 g/mol. The number of fused-ring (bicyclic) bond motifs is 3. The summed E-state index contributed by atoms with van der Waals surface area (Å²) >= 11 is 0. The first-order chi connectivity index (χ1) is 9.74. The molecular weight excluding hydrogens is 258 g/mol. The van der Waals surface area contributed by atoms with Crippen molar-refractivity contribution in [1.82, 2.24) is 4.57 Å². The largest absolute Gasteiger partial charge is 0.491 e. The van der Waals surface area contributed by atoms with E-state index in [1.807, 2.05) is 22.8 Å². The van der Waals surface area contributed by atoms with Crippen molar-refractivity contribution < 1.29 is 19.4 Å². The maximum atomic E-state index is 11.7. The lowest BCUT2D eigenvalue weighted by molar-refractivity contribution is 0.0600. The molecule has 5 nitrogen and oxygen atoms in total. The third-order valence-electron chi connectivity index (χ3n) is 3.45. The summed E-state index contributed by atoms with van der Waals surface area (Å²) in [6.07, 6.45) is 1.76. The highest BCUT2D eigenvalue weighted by molar-refractivity contribution is 5.91. The Morgan fingerprint density at radius 1 is 1.50 bits per heavy atom. The summed E-state index contributed by atoms with van der Waals surface area (Å²) in [5.41, 5.74) is 2.98. The Morgan fingerprint density at radius 3 is 3.10 bits per heavy atom. The van der Waals surface area contributed by atoms with Gasteiger partial charge in [-0.15, -0.1) is 0 Å². The van der Waals surface area contributed by atoms with Gasteiger partial charge in [0.25, 0.3) is 0 Å². The van der Waals surface area contributed by atoms with Gasteiger partial charge in [0.2, 0.25) is 0 Å². The molecule has 2 aromatic rings. The number of methoxy groups -OCH3 is 1. The number of ether oxygens (including phenoxy) is 2. The van der Waals surface area contributed by atoms with E-state index in [1.165, 1.54) is 7.11 Å². The zero-order valence-corrected chi connectivity index (χ0v) is 11.1. The van der Waals surface area contributed by atoms with E-state index in [-0.39, 0.29) is 12.6 Å². The van der Waals surface area contributed by atoms with E-state index in [1.54, 1.807) is 12.3 Å². The Labute approximate surface area is 116 Å². The molecule has 0 unspecified atom stereocenters. The maximum Gasteiger partial charge on any atom is 0.339 e. The second-order valence-corrected chi connectivity index (χ2v) is 4.60. The van der Waals surface area contributed by atoms with E-state index in [2.05, 4.69) is 0 Å². The van der Waals surface area contributed by atoms with E-state index in [0.717, 1.165) is 22.6 Å². The van der Waals surface area contributed by atoms with Gasteiger partial charge >= 0.3 is 5.97 Å². The number of aliphatic hydroxyl groups is 1. The molecule has 0 bridgehead atoms. The maximum absolute atomic E-state index is 11.7. The first-order valence-corrected chi connectivity index (χ1v) is 6.39. The Bertz CT molecular complexity index is 660. The summed E-state index contributed by atoms with van der Waals surface area (Å²) < 4.78 is 12.4. The fourth-order valence-electron chi connectivity index (χ4n) is 2.51. The van der Waals surface area contributed by atoms with E-state index < -0.39 is 0 Å². The lowest BCUT2D eigenvalue weighted by atomic mass is 10.0. The number of carbonyl (C=O) groups is 1. The van der Waals surface area contributed by atoms with Crippen LogP contribution in [0.25, 0.3) is 11.3 Å². The smallest absolute Gasteiger partial charge is 0.339 e. The van der Waals surface area contributed by atoms with Gasteiger partial charge in [-0.05, 0) is 17.7 Å². The van der Waals surface area contributed by atoms with Gasteiger partial charge in [0.1, 0.15) is 12.4 Å². The lowest BCUT2D eigenvalue weighted by Gasteiger charge is -2.10. The van der Waals surface area contributed by atoms with Crippen LogP contribution in [-0.2, 0) is 17.9 Å². The molecule has 104 valence electrons. The van der Waals surface area contributed by atoms with Gasteiger partial charge in [-0.3, -0.25) is 0 Å². The lowest BCUT2D eigenvalue weighted by Crippen LogP contribution is -2.05. The van der Waals surface area contributed by atoms with Gasteiger partial charge in [-0.25, -0.2) is 4.79 Å². The Morgan fingerprint density at radius 2 is 2.35 bits per heavy atom. The van der Waals surface area contributed by atoms with Crippen molar-refractivity contribution in [2.45, 2.75) is 13.2 Å². The second kappa shape index (κ2) is 5.02. The molecule has 0 saturated heterocycles. The fraction of sp³-hybridized carbons (Fsp3) is 0.267. The zero-order chi connectivity index (χ0) is 14.1. The number of carbonyl (C=O) groups excluding carboxylic acids is 1. The van der Waals surface area contributed by atoms with Crippen molar-refractivity contribution in [3.05, 3.63) is 41.6 Å². The van der Waals surface area contributed by atoms with Gasteiger partial charge < -0.3 is 19.1 Å². The molecule has 0 fully saturated rings. The minimum atomic E-state index is -0.366. The van der Waals surface area contributed by atoms with Gasteiger partial charge in [0.05, 0.1) is 31.5 Å². The summed E-state index contributed by atoms with van der Waals surface area (Å²) in [5, 5.41) is 9.52. The number of hydrogen-bond acceptors (Lipinski definition) is 4. The Kier molecular flexibility index (Phi) is 3.20. The fourth-order valence-corrected chi connectivity index (χ4v) is 2.51. The molecule has 0 spiro atoms. The van der Waals surface area contributed by atoms with Crippen LogP contribution >= 0.6 is 0 Å². The molecule has 1 aromatic carbocycles. The summed E-state index contributed by atoms with van der Waals surface area (Å²) in [5.74, 6) is 0.360.